The first kappa shape index (κ1) is 14.8. The molecule has 21 heavy (non-hydrogen) atoms. The first-order chi connectivity index (χ1) is 10.4. The Morgan fingerprint density at radius 2 is 2.33 bits per heavy atom. The second-order valence-corrected chi connectivity index (χ2v) is 7.57. The minimum Gasteiger partial charge on any atom is -0.369 e. The Morgan fingerprint density at radius 3 is 3.14 bits per heavy atom. The van der Waals surface area contributed by atoms with Gasteiger partial charge in [-0.05, 0) is 6.42 Å². The number of fused-ring (bicyclic) bond motifs is 1. The molecule has 7 heteroatoms. The fraction of sp³-hybridized carbons (Fsp3) is 0.571. The molecule has 1 aliphatic heterocycles. The Labute approximate surface area is 133 Å². The number of rotatable bonds is 6. The minimum absolute atomic E-state index is 0.660. The summed E-state index contributed by atoms with van der Waals surface area (Å²) in [5.41, 5.74) is 0.894. The molecule has 0 aromatic carbocycles. The molecule has 5 nitrogen and oxygen atoms in total. The van der Waals surface area contributed by atoms with Crippen molar-refractivity contribution < 1.29 is 0 Å². The Bertz CT molecular complexity index is 580. The van der Waals surface area contributed by atoms with Gasteiger partial charge in [0.25, 0.3) is 0 Å². The van der Waals surface area contributed by atoms with Gasteiger partial charge in [0, 0.05) is 48.0 Å². The number of hydrogen-bond donors (Lipinski definition) is 2. The van der Waals surface area contributed by atoms with Gasteiger partial charge >= 0.3 is 0 Å². The molecule has 114 valence electrons. The molecular weight excluding hydrogens is 302 g/mol. The van der Waals surface area contributed by atoms with Crippen molar-refractivity contribution in [2.24, 2.45) is 0 Å². The lowest BCUT2D eigenvalue weighted by atomic mass is 10.4. The number of aromatic nitrogens is 3. The molecule has 0 aliphatic carbocycles. The van der Waals surface area contributed by atoms with Crippen LogP contribution < -0.4 is 10.6 Å². The molecule has 0 saturated carbocycles. The molecule has 1 aliphatic rings. The summed E-state index contributed by atoms with van der Waals surface area (Å²) in [6, 6.07) is 0. The number of thioether (sulfide) groups is 2. The van der Waals surface area contributed by atoms with Gasteiger partial charge in [-0.2, -0.15) is 23.5 Å². The summed E-state index contributed by atoms with van der Waals surface area (Å²) in [7, 11) is 0. The molecule has 3 rings (SSSR count). The van der Waals surface area contributed by atoms with Crippen LogP contribution in [0.1, 0.15) is 13.3 Å². The van der Waals surface area contributed by atoms with Crippen molar-refractivity contribution in [1.82, 2.24) is 14.4 Å². The quantitative estimate of drug-likeness (QED) is 0.852. The highest BCUT2D eigenvalue weighted by atomic mass is 32.2. The van der Waals surface area contributed by atoms with Crippen molar-refractivity contribution in [3.63, 3.8) is 0 Å². The van der Waals surface area contributed by atoms with E-state index in [0.29, 0.717) is 5.25 Å². The van der Waals surface area contributed by atoms with Gasteiger partial charge in [0.15, 0.2) is 11.5 Å². The monoisotopic (exact) mass is 323 g/mol. The van der Waals surface area contributed by atoms with Crippen molar-refractivity contribution in [3.8, 4) is 0 Å². The summed E-state index contributed by atoms with van der Waals surface area (Å²) in [6.45, 7) is 4.03. The van der Waals surface area contributed by atoms with Crippen LogP contribution in [0.25, 0.3) is 5.65 Å². The average Bonchev–Trinajstić information content (AvgIpc) is 3.00. The molecule has 1 unspecified atom stereocenters. The van der Waals surface area contributed by atoms with E-state index in [4.69, 9.17) is 0 Å². The van der Waals surface area contributed by atoms with E-state index in [1.807, 2.05) is 34.8 Å². The molecule has 2 N–H and O–H groups in total. The molecule has 0 bridgehead atoms. The van der Waals surface area contributed by atoms with Crippen LogP contribution in [0.15, 0.2) is 18.6 Å². The van der Waals surface area contributed by atoms with E-state index >= 15 is 0 Å². The van der Waals surface area contributed by atoms with E-state index in [0.717, 1.165) is 36.8 Å². The van der Waals surface area contributed by atoms with Gasteiger partial charge in [-0.25, -0.2) is 9.97 Å². The van der Waals surface area contributed by atoms with Crippen LogP contribution in [0.2, 0.25) is 0 Å². The molecule has 1 atom stereocenters. The second kappa shape index (κ2) is 7.26. The number of hydrogen-bond acceptors (Lipinski definition) is 6. The summed E-state index contributed by atoms with van der Waals surface area (Å²) < 4.78 is 2.02. The molecular formula is C14H21N5S2. The normalized spacial score (nSPS) is 18.8. The fourth-order valence-corrected chi connectivity index (χ4v) is 4.87. The van der Waals surface area contributed by atoms with E-state index in [9.17, 15) is 0 Å². The number of nitrogens with zero attached hydrogens (tertiary/aromatic N) is 3. The maximum absolute atomic E-state index is 4.67. The Morgan fingerprint density at radius 1 is 1.38 bits per heavy atom. The first-order valence-electron chi connectivity index (χ1n) is 7.37. The Balaban J connectivity index is 1.73. The SMILES string of the molecule is CCCNc1cn2ccnc2c(NCC2CSCCS2)n1. The molecule has 2 aromatic heterocycles. The standard InChI is InChI=1S/C14H21N5S2/c1-2-3-15-12-9-19-5-4-16-14(19)13(18-12)17-8-11-10-20-6-7-21-11/h4-5,9,11,15H,2-3,6-8,10H2,1H3,(H,17,18). The summed E-state index contributed by atoms with van der Waals surface area (Å²) >= 11 is 4.10. The van der Waals surface area contributed by atoms with Crippen LogP contribution >= 0.6 is 23.5 Å². The van der Waals surface area contributed by atoms with E-state index in [1.165, 1.54) is 17.3 Å². The Kier molecular flexibility index (Phi) is 5.13. The highest BCUT2D eigenvalue weighted by molar-refractivity contribution is 8.06. The predicted molar refractivity (Wildman–Crippen MR) is 93.8 cm³/mol. The van der Waals surface area contributed by atoms with E-state index in [1.54, 1.807) is 0 Å². The highest BCUT2D eigenvalue weighted by Gasteiger charge is 2.15. The summed E-state index contributed by atoms with van der Waals surface area (Å²) in [5, 5.41) is 7.50. The van der Waals surface area contributed by atoms with Gasteiger partial charge in [0.2, 0.25) is 0 Å². The predicted octanol–water partition coefficient (Wildman–Crippen LogP) is 2.81. The van der Waals surface area contributed by atoms with Gasteiger partial charge in [-0.3, -0.25) is 0 Å². The van der Waals surface area contributed by atoms with Crippen LogP contribution in [0.4, 0.5) is 11.6 Å². The summed E-state index contributed by atoms with van der Waals surface area (Å²) in [4.78, 5) is 9.08. The third kappa shape index (κ3) is 3.77. The van der Waals surface area contributed by atoms with E-state index in [2.05, 4.69) is 39.3 Å². The van der Waals surface area contributed by atoms with Crippen molar-refractivity contribution in [3.05, 3.63) is 18.6 Å². The van der Waals surface area contributed by atoms with Crippen LogP contribution in [-0.2, 0) is 0 Å². The van der Waals surface area contributed by atoms with Gasteiger partial charge < -0.3 is 15.0 Å². The van der Waals surface area contributed by atoms with Crippen molar-refractivity contribution in [2.45, 2.75) is 18.6 Å². The number of anilines is 2. The van der Waals surface area contributed by atoms with Crippen LogP contribution in [-0.4, -0.2) is 50.0 Å². The zero-order valence-electron chi connectivity index (χ0n) is 12.2. The Hall–Kier alpha value is -1.08. The topological polar surface area (TPSA) is 54.2 Å². The third-order valence-corrected chi connectivity index (χ3v) is 6.16. The summed E-state index contributed by atoms with van der Waals surface area (Å²) in [6.07, 6.45) is 6.86. The van der Waals surface area contributed by atoms with E-state index < -0.39 is 0 Å². The third-order valence-electron chi connectivity index (χ3n) is 3.31. The highest BCUT2D eigenvalue weighted by Crippen LogP contribution is 2.25. The van der Waals surface area contributed by atoms with Crippen LogP contribution in [0.5, 0.6) is 0 Å². The molecule has 0 amide bonds. The zero-order chi connectivity index (χ0) is 14.5. The summed E-state index contributed by atoms with van der Waals surface area (Å²) in [5.74, 6) is 5.52. The average molecular weight is 323 g/mol. The maximum atomic E-state index is 4.67. The van der Waals surface area contributed by atoms with Gasteiger partial charge in [-0.15, -0.1) is 0 Å². The first-order valence-corrected chi connectivity index (χ1v) is 9.58. The molecule has 2 aromatic rings. The van der Waals surface area contributed by atoms with Crippen molar-refractivity contribution in [2.75, 3.05) is 41.0 Å². The second-order valence-electron chi connectivity index (χ2n) is 5.01. The fourth-order valence-electron chi connectivity index (χ4n) is 2.25. The minimum atomic E-state index is 0.660. The maximum Gasteiger partial charge on any atom is 0.180 e. The van der Waals surface area contributed by atoms with Crippen molar-refractivity contribution in [1.29, 1.82) is 0 Å². The lowest BCUT2D eigenvalue weighted by Crippen LogP contribution is -2.24. The number of nitrogens with one attached hydrogen (secondary N) is 2. The molecule has 3 heterocycles. The van der Waals surface area contributed by atoms with Crippen LogP contribution in [0.3, 0.4) is 0 Å². The number of imidazole rings is 1. The van der Waals surface area contributed by atoms with Crippen molar-refractivity contribution >= 4 is 40.8 Å². The van der Waals surface area contributed by atoms with Gasteiger partial charge in [0.05, 0.1) is 6.20 Å². The zero-order valence-corrected chi connectivity index (χ0v) is 13.8. The van der Waals surface area contributed by atoms with Crippen LogP contribution in [0, 0.1) is 0 Å². The van der Waals surface area contributed by atoms with Gasteiger partial charge in [-0.1, -0.05) is 6.92 Å². The van der Waals surface area contributed by atoms with E-state index in [-0.39, 0.29) is 0 Å². The lowest BCUT2D eigenvalue weighted by Gasteiger charge is -2.21. The molecule has 1 saturated heterocycles. The lowest BCUT2D eigenvalue weighted by molar-refractivity contribution is 0.953. The molecule has 0 radical (unpaired) electrons. The molecule has 1 fully saturated rings. The van der Waals surface area contributed by atoms with Gasteiger partial charge in [0.1, 0.15) is 5.82 Å². The smallest absolute Gasteiger partial charge is 0.180 e. The largest absolute Gasteiger partial charge is 0.369 e. The molecule has 0 spiro atoms.